The zero-order valence-corrected chi connectivity index (χ0v) is 16.5. The van der Waals surface area contributed by atoms with E-state index >= 15 is 0 Å². The van der Waals surface area contributed by atoms with Crippen LogP contribution in [-0.4, -0.2) is 22.7 Å². The first-order valence-electron chi connectivity index (χ1n) is 8.31. The van der Waals surface area contributed by atoms with Crippen LogP contribution in [0, 0.1) is 6.92 Å². The molecule has 0 radical (unpaired) electrons. The van der Waals surface area contributed by atoms with Gasteiger partial charge in [0.1, 0.15) is 12.4 Å². The number of aromatic nitrogens is 2. The van der Waals surface area contributed by atoms with Crippen LogP contribution < -0.4 is 10.1 Å². The standard InChI is InChI=1S/C20H19N3O2S2/c1-3-11-25-17-9-7-16(8-10-17)18(24)21-19-22-23-20(27-19)26-13-15-6-4-5-14(2)12-15/h3-10,12H,1,11,13H2,2H3,(H,21,22,24). The number of hydrogen-bond acceptors (Lipinski definition) is 6. The number of carbonyl (C=O) groups is 1. The first-order valence-corrected chi connectivity index (χ1v) is 10.1. The lowest BCUT2D eigenvalue weighted by molar-refractivity contribution is 0.102. The van der Waals surface area contributed by atoms with Gasteiger partial charge in [0.25, 0.3) is 5.91 Å². The highest BCUT2D eigenvalue weighted by Gasteiger charge is 2.11. The number of aryl methyl sites for hydroxylation is 1. The molecule has 1 N–H and O–H groups in total. The smallest absolute Gasteiger partial charge is 0.257 e. The van der Waals surface area contributed by atoms with Crippen molar-refractivity contribution in [3.8, 4) is 5.75 Å². The molecule has 0 saturated heterocycles. The Balaban J connectivity index is 1.55. The van der Waals surface area contributed by atoms with Crippen molar-refractivity contribution in [3.63, 3.8) is 0 Å². The molecule has 138 valence electrons. The number of anilines is 1. The summed E-state index contributed by atoms with van der Waals surface area (Å²) in [4.78, 5) is 12.3. The zero-order chi connectivity index (χ0) is 19.1. The fourth-order valence-electron chi connectivity index (χ4n) is 2.29. The van der Waals surface area contributed by atoms with Gasteiger partial charge in [0, 0.05) is 11.3 Å². The Labute approximate surface area is 166 Å². The van der Waals surface area contributed by atoms with Crippen molar-refractivity contribution in [1.82, 2.24) is 10.2 Å². The van der Waals surface area contributed by atoms with Gasteiger partial charge in [0.05, 0.1) is 0 Å². The molecule has 3 rings (SSSR count). The number of benzene rings is 2. The van der Waals surface area contributed by atoms with Crippen LogP contribution in [0.2, 0.25) is 0 Å². The van der Waals surface area contributed by atoms with Crippen LogP contribution in [0.25, 0.3) is 0 Å². The van der Waals surface area contributed by atoms with E-state index < -0.39 is 0 Å². The van der Waals surface area contributed by atoms with E-state index in [0.717, 1.165) is 10.1 Å². The van der Waals surface area contributed by atoms with Crippen molar-refractivity contribution in [3.05, 3.63) is 77.9 Å². The van der Waals surface area contributed by atoms with Crippen molar-refractivity contribution in [1.29, 1.82) is 0 Å². The van der Waals surface area contributed by atoms with Gasteiger partial charge in [-0.05, 0) is 36.8 Å². The first kappa shape index (κ1) is 19.1. The Morgan fingerprint density at radius 2 is 2.07 bits per heavy atom. The number of carbonyl (C=O) groups excluding carboxylic acids is 1. The van der Waals surface area contributed by atoms with E-state index in [1.807, 2.05) is 6.07 Å². The molecule has 0 aliphatic heterocycles. The van der Waals surface area contributed by atoms with Crippen molar-refractivity contribution in [2.75, 3.05) is 11.9 Å². The molecule has 1 heterocycles. The second-order valence-corrected chi connectivity index (χ2v) is 7.93. The van der Waals surface area contributed by atoms with Gasteiger partial charge in [0.15, 0.2) is 4.34 Å². The van der Waals surface area contributed by atoms with Crippen molar-refractivity contribution in [2.24, 2.45) is 0 Å². The minimum absolute atomic E-state index is 0.225. The van der Waals surface area contributed by atoms with E-state index in [9.17, 15) is 4.79 Å². The van der Waals surface area contributed by atoms with Crippen LogP contribution in [0.1, 0.15) is 21.5 Å². The summed E-state index contributed by atoms with van der Waals surface area (Å²) in [5.74, 6) is 1.28. The second-order valence-electron chi connectivity index (χ2n) is 5.73. The number of thioether (sulfide) groups is 1. The molecule has 1 amide bonds. The van der Waals surface area contributed by atoms with Gasteiger partial charge < -0.3 is 4.74 Å². The Morgan fingerprint density at radius 3 is 2.81 bits per heavy atom. The van der Waals surface area contributed by atoms with Gasteiger partial charge in [-0.2, -0.15) is 0 Å². The van der Waals surface area contributed by atoms with E-state index in [0.29, 0.717) is 23.1 Å². The molecule has 0 aliphatic rings. The maximum absolute atomic E-state index is 12.3. The van der Waals surface area contributed by atoms with Gasteiger partial charge in [-0.25, -0.2) is 0 Å². The number of amides is 1. The summed E-state index contributed by atoms with van der Waals surface area (Å²) in [6.45, 7) is 6.11. The average Bonchev–Trinajstić information content (AvgIpc) is 3.12. The lowest BCUT2D eigenvalue weighted by Crippen LogP contribution is -2.11. The zero-order valence-electron chi connectivity index (χ0n) is 14.8. The van der Waals surface area contributed by atoms with Crippen LogP contribution in [0.5, 0.6) is 5.75 Å². The number of hydrogen-bond donors (Lipinski definition) is 1. The molecule has 2 aromatic carbocycles. The molecule has 0 spiro atoms. The number of nitrogens with zero attached hydrogens (tertiary/aromatic N) is 2. The third-order valence-corrected chi connectivity index (χ3v) is 5.60. The highest BCUT2D eigenvalue weighted by molar-refractivity contribution is 8.00. The van der Waals surface area contributed by atoms with Crippen molar-refractivity contribution < 1.29 is 9.53 Å². The lowest BCUT2D eigenvalue weighted by atomic mass is 10.2. The van der Waals surface area contributed by atoms with E-state index in [2.05, 4.69) is 47.2 Å². The summed E-state index contributed by atoms with van der Waals surface area (Å²) in [5, 5.41) is 11.5. The highest BCUT2D eigenvalue weighted by Crippen LogP contribution is 2.28. The fraction of sp³-hybridized carbons (Fsp3) is 0.150. The van der Waals surface area contributed by atoms with E-state index in [1.54, 1.807) is 42.1 Å². The predicted molar refractivity (Wildman–Crippen MR) is 111 cm³/mol. The summed E-state index contributed by atoms with van der Waals surface area (Å²) in [6.07, 6.45) is 1.67. The topological polar surface area (TPSA) is 64.1 Å². The second kappa shape index (κ2) is 9.34. The third-order valence-electron chi connectivity index (χ3n) is 3.56. The third kappa shape index (κ3) is 5.67. The summed E-state index contributed by atoms with van der Waals surface area (Å²) in [5.41, 5.74) is 3.00. The highest BCUT2D eigenvalue weighted by atomic mass is 32.2. The molecule has 0 atom stereocenters. The minimum atomic E-state index is -0.225. The normalized spacial score (nSPS) is 10.4. The largest absolute Gasteiger partial charge is 0.490 e. The molecule has 0 saturated carbocycles. The van der Waals surface area contributed by atoms with E-state index in [1.165, 1.54) is 22.5 Å². The molecule has 0 bridgehead atoms. The Hall–Kier alpha value is -2.64. The molecule has 27 heavy (non-hydrogen) atoms. The first-order chi connectivity index (χ1) is 13.1. The summed E-state index contributed by atoms with van der Waals surface area (Å²) in [6, 6.07) is 15.3. The van der Waals surface area contributed by atoms with Crippen LogP contribution in [0.15, 0.2) is 65.5 Å². The van der Waals surface area contributed by atoms with Gasteiger partial charge >= 0.3 is 0 Å². The van der Waals surface area contributed by atoms with Crippen LogP contribution >= 0.6 is 23.1 Å². The van der Waals surface area contributed by atoms with Gasteiger partial charge in [-0.15, -0.1) is 10.2 Å². The monoisotopic (exact) mass is 397 g/mol. The molecule has 0 unspecified atom stereocenters. The van der Waals surface area contributed by atoms with Crippen LogP contribution in [0.4, 0.5) is 5.13 Å². The Bertz CT molecular complexity index is 923. The molecular weight excluding hydrogens is 378 g/mol. The molecule has 5 nitrogen and oxygen atoms in total. The summed E-state index contributed by atoms with van der Waals surface area (Å²) in [7, 11) is 0. The van der Waals surface area contributed by atoms with Gasteiger partial charge in [-0.1, -0.05) is 65.6 Å². The number of nitrogens with one attached hydrogen (secondary N) is 1. The van der Waals surface area contributed by atoms with Crippen LogP contribution in [0.3, 0.4) is 0 Å². The van der Waals surface area contributed by atoms with E-state index in [-0.39, 0.29) is 5.91 Å². The van der Waals surface area contributed by atoms with Crippen molar-refractivity contribution >= 4 is 34.1 Å². The Kier molecular flexibility index (Phi) is 6.62. The number of ether oxygens (including phenoxy) is 1. The predicted octanol–water partition coefficient (Wildman–Crippen LogP) is 4.96. The quantitative estimate of drug-likeness (QED) is 0.331. The average molecular weight is 398 g/mol. The summed E-state index contributed by atoms with van der Waals surface area (Å²) < 4.78 is 6.23. The lowest BCUT2D eigenvalue weighted by Gasteiger charge is -2.04. The minimum Gasteiger partial charge on any atom is -0.490 e. The van der Waals surface area contributed by atoms with E-state index in [4.69, 9.17) is 4.74 Å². The SMILES string of the molecule is C=CCOc1ccc(C(=O)Nc2nnc(SCc3cccc(C)c3)s2)cc1. The van der Waals surface area contributed by atoms with Gasteiger partial charge in [-0.3, -0.25) is 10.1 Å². The molecule has 0 fully saturated rings. The summed E-state index contributed by atoms with van der Waals surface area (Å²) >= 11 is 2.97. The molecule has 7 heteroatoms. The fourth-order valence-corrected chi connectivity index (χ4v) is 3.98. The maximum Gasteiger partial charge on any atom is 0.257 e. The maximum atomic E-state index is 12.3. The number of rotatable bonds is 8. The van der Waals surface area contributed by atoms with Gasteiger partial charge in [0.2, 0.25) is 5.13 Å². The molecule has 3 aromatic rings. The van der Waals surface area contributed by atoms with Crippen molar-refractivity contribution in [2.45, 2.75) is 17.0 Å². The molecular formula is C20H19N3O2S2. The Morgan fingerprint density at radius 1 is 1.26 bits per heavy atom. The molecule has 1 aromatic heterocycles. The van der Waals surface area contributed by atoms with Crippen LogP contribution in [-0.2, 0) is 5.75 Å². The molecule has 0 aliphatic carbocycles.